The van der Waals surface area contributed by atoms with Crippen LogP contribution in [-0.2, 0) is 0 Å². The van der Waals surface area contributed by atoms with Crippen LogP contribution in [-0.4, -0.2) is 12.8 Å². The average molecular weight is 199 g/mol. The molecule has 0 aromatic carbocycles. The van der Waals surface area contributed by atoms with Gasteiger partial charge in [0.15, 0.2) is 0 Å². The molecule has 1 heterocycles. The summed E-state index contributed by atoms with van der Waals surface area (Å²) in [6, 6.07) is 0. The van der Waals surface area contributed by atoms with E-state index < -0.39 is 0 Å². The van der Waals surface area contributed by atoms with E-state index in [0.29, 0.717) is 0 Å². The SMILES string of the molecule is C.C1=CCN=C1.CC(C)C.CC(C)C. The highest BCUT2D eigenvalue weighted by Crippen LogP contribution is 1.81. The number of hydrogen-bond acceptors (Lipinski definition) is 1. The Morgan fingerprint density at radius 3 is 1.36 bits per heavy atom. The van der Waals surface area contributed by atoms with E-state index in [1.807, 2.05) is 12.2 Å². The van der Waals surface area contributed by atoms with Crippen molar-refractivity contribution in [1.29, 1.82) is 0 Å². The molecule has 86 valence electrons. The van der Waals surface area contributed by atoms with Crippen LogP contribution < -0.4 is 0 Å². The average Bonchev–Trinajstić information content (AvgIpc) is 2.35. The molecule has 0 aromatic heterocycles. The molecule has 0 fully saturated rings. The van der Waals surface area contributed by atoms with Gasteiger partial charge in [-0.2, -0.15) is 0 Å². The maximum Gasteiger partial charge on any atom is 0.0573 e. The highest BCUT2D eigenvalue weighted by Gasteiger charge is 1.72. The minimum absolute atomic E-state index is 0. The molecule has 0 atom stereocenters. The van der Waals surface area contributed by atoms with Crippen molar-refractivity contribution in [3.63, 3.8) is 0 Å². The lowest BCUT2D eigenvalue weighted by Gasteiger charge is -1.79. The van der Waals surface area contributed by atoms with E-state index in [2.05, 4.69) is 46.5 Å². The summed E-state index contributed by atoms with van der Waals surface area (Å²) in [5, 5.41) is 0. The van der Waals surface area contributed by atoms with Gasteiger partial charge in [-0.05, 0) is 17.9 Å². The fourth-order valence-electron chi connectivity index (χ4n) is 0.304. The molecule has 0 saturated carbocycles. The predicted molar refractivity (Wildman–Crippen MR) is 70.3 cm³/mol. The lowest BCUT2D eigenvalue weighted by Crippen LogP contribution is -1.66. The Labute approximate surface area is 91.3 Å². The van der Waals surface area contributed by atoms with Crippen LogP contribution in [0.15, 0.2) is 17.1 Å². The molecule has 0 bridgehead atoms. The second kappa shape index (κ2) is 14.9. The van der Waals surface area contributed by atoms with Crippen LogP contribution in [0.2, 0.25) is 0 Å². The van der Waals surface area contributed by atoms with Gasteiger partial charge in [-0.1, -0.05) is 55.0 Å². The summed E-state index contributed by atoms with van der Waals surface area (Å²) in [5.41, 5.74) is 0. The molecule has 14 heavy (non-hydrogen) atoms. The second-order valence-electron chi connectivity index (χ2n) is 4.41. The van der Waals surface area contributed by atoms with Gasteiger partial charge in [0.2, 0.25) is 0 Å². The van der Waals surface area contributed by atoms with Gasteiger partial charge in [0.25, 0.3) is 0 Å². The van der Waals surface area contributed by atoms with E-state index in [-0.39, 0.29) is 7.43 Å². The molecular weight excluding hydrogens is 170 g/mol. The molecule has 1 nitrogen and oxygen atoms in total. The van der Waals surface area contributed by atoms with Gasteiger partial charge in [-0.15, -0.1) is 0 Å². The van der Waals surface area contributed by atoms with E-state index in [0.717, 1.165) is 18.4 Å². The number of rotatable bonds is 0. The fraction of sp³-hybridized carbons (Fsp3) is 0.769. The summed E-state index contributed by atoms with van der Waals surface area (Å²) in [6.07, 6.45) is 5.76. The van der Waals surface area contributed by atoms with Crippen LogP contribution in [0.1, 0.15) is 49.0 Å². The first-order valence-electron chi connectivity index (χ1n) is 5.11. The molecule has 1 aliphatic rings. The predicted octanol–water partition coefficient (Wildman–Crippen LogP) is 4.59. The van der Waals surface area contributed by atoms with Crippen LogP contribution >= 0.6 is 0 Å². The maximum atomic E-state index is 3.85. The molecule has 0 aromatic rings. The van der Waals surface area contributed by atoms with Gasteiger partial charge in [0.05, 0.1) is 6.54 Å². The molecule has 1 rings (SSSR count). The van der Waals surface area contributed by atoms with Gasteiger partial charge in [-0.3, -0.25) is 4.99 Å². The number of aliphatic imine (C=N–C) groups is 1. The highest BCUT2D eigenvalue weighted by molar-refractivity contribution is 5.73. The van der Waals surface area contributed by atoms with Crippen molar-refractivity contribution in [2.45, 2.75) is 49.0 Å². The Morgan fingerprint density at radius 1 is 0.929 bits per heavy atom. The zero-order chi connectivity index (χ0) is 10.7. The summed E-state index contributed by atoms with van der Waals surface area (Å²) in [7, 11) is 0. The quantitative estimate of drug-likeness (QED) is 0.541. The largest absolute Gasteiger partial charge is 0.289 e. The van der Waals surface area contributed by atoms with Crippen molar-refractivity contribution in [2.24, 2.45) is 16.8 Å². The minimum Gasteiger partial charge on any atom is -0.289 e. The third-order valence-electron chi connectivity index (χ3n) is 0.538. The molecule has 0 aliphatic carbocycles. The van der Waals surface area contributed by atoms with E-state index in [9.17, 15) is 0 Å². The first-order chi connectivity index (χ1) is 5.96. The number of nitrogens with zero attached hydrogens (tertiary/aromatic N) is 1. The monoisotopic (exact) mass is 199 g/mol. The third-order valence-corrected chi connectivity index (χ3v) is 0.538. The number of hydrogen-bond donors (Lipinski definition) is 0. The molecule has 0 spiro atoms. The highest BCUT2D eigenvalue weighted by atomic mass is 14.7. The summed E-state index contributed by atoms with van der Waals surface area (Å²) in [4.78, 5) is 3.85. The van der Waals surface area contributed by atoms with E-state index in [4.69, 9.17) is 0 Å². The lowest BCUT2D eigenvalue weighted by molar-refractivity contribution is 0.736. The van der Waals surface area contributed by atoms with E-state index in [1.54, 1.807) is 6.21 Å². The Hall–Kier alpha value is -0.590. The summed E-state index contributed by atoms with van der Waals surface area (Å²) in [6.45, 7) is 13.9. The smallest absolute Gasteiger partial charge is 0.0573 e. The van der Waals surface area contributed by atoms with Crippen molar-refractivity contribution in [3.8, 4) is 0 Å². The van der Waals surface area contributed by atoms with E-state index >= 15 is 0 Å². The normalized spacial score (nSPS) is 11.4. The van der Waals surface area contributed by atoms with Crippen molar-refractivity contribution in [1.82, 2.24) is 0 Å². The molecule has 0 saturated heterocycles. The van der Waals surface area contributed by atoms with Crippen molar-refractivity contribution < 1.29 is 0 Å². The van der Waals surface area contributed by atoms with E-state index in [1.165, 1.54) is 0 Å². The number of allylic oxidation sites excluding steroid dienone is 1. The topological polar surface area (TPSA) is 12.4 Å². The molecular formula is C13H29N. The Morgan fingerprint density at radius 2 is 1.29 bits per heavy atom. The molecule has 0 N–H and O–H groups in total. The van der Waals surface area contributed by atoms with Crippen LogP contribution in [0.3, 0.4) is 0 Å². The van der Waals surface area contributed by atoms with Crippen LogP contribution in [0.25, 0.3) is 0 Å². The standard InChI is InChI=1S/C4H5N.2C4H10.CH4/c1-2-4-5-3-1;2*1-4(2)3;/h1-3H,4H2;2*4H,1-3H3;1H4. The van der Waals surface area contributed by atoms with Gasteiger partial charge in [-0.25, -0.2) is 0 Å². The van der Waals surface area contributed by atoms with Crippen LogP contribution in [0.4, 0.5) is 0 Å². The Balaban J connectivity index is -0.000000127. The minimum atomic E-state index is 0. The van der Waals surface area contributed by atoms with Crippen molar-refractivity contribution in [2.75, 3.05) is 6.54 Å². The molecule has 1 aliphatic heterocycles. The fourth-order valence-corrected chi connectivity index (χ4v) is 0.304. The molecule has 0 unspecified atom stereocenters. The second-order valence-corrected chi connectivity index (χ2v) is 4.41. The maximum absolute atomic E-state index is 3.85. The first-order valence-corrected chi connectivity index (χ1v) is 5.11. The zero-order valence-corrected chi connectivity index (χ0v) is 10.0. The molecule has 1 heteroatoms. The van der Waals surface area contributed by atoms with Crippen LogP contribution in [0.5, 0.6) is 0 Å². The van der Waals surface area contributed by atoms with Crippen LogP contribution in [0, 0.1) is 11.8 Å². The summed E-state index contributed by atoms with van der Waals surface area (Å²) < 4.78 is 0. The van der Waals surface area contributed by atoms with Crippen molar-refractivity contribution >= 4 is 6.21 Å². The third kappa shape index (κ3) is 63.6. The van der Waals surface area contributed by atoms with Gasteiger partial charge in [0.1, 0.15) is 0 Å². The van der Waals surface area contributed by atoms with Gasteiger partial charge < -0.3 is 0 Å². The first kappa shape index (κ1) is 19.1. The summed E-state index contributed by atoms with van der Waals surface area (Å²) in [5.74, 6) is 1.67. The van der Waals surface area contributed by atoms with Crippen molar-refractivity contribution in [3.05, 3.63) is 12.2 Å². The Bertz CT molecular complexity index is 111. The Kier molecular flexibility index (Phi) is 20.3. The zero-order valence-electron chi connectivity index (χ0n) is 10.0. The lowest BCUT2D eigenvalue weighted by atomic mass is 10.3. The van der Waals surface area contributed by atoms with Gasteiger partial charge in [0, 0.05) is 6.21 Å². The van der Waals surface area contributed by atoms with Gasteiger partial charge >= 0.3 is 0 Å². The molecule has 0 radical (unpaired) electrons. The summed E-state index contributed by atoms with van der Waals surface area (Å²) >= 11 is 0. The molecule has 0 amide bonds.